The van der Waals surface area contributed by atoms with Gasteiger partial charge in [-0.3, -0.25) is 4.79 Å². The van der Waals surface area contributed by atoms with E-state index in [1.165, 1.54) is 23.9 Å². The van der Waals surface area contributed by atoms with Crippen LogP contribution in [0.4, 0.5) is 10.1 Å². The van der Waals surface area contributed by atoms with Gasteiger partial charge in [0.25, 0.3) is 0 Å². The van der Waals surface area contributed by atoms with Crippen molar-refractivity contribution in [3.05, 3.63) is 84.2 Å². The molecule has 1 N–H and O–H groups in total. The van der Waals surface area contributed by atoms with E-state index in [0.29, 0.717) is 10.7 Å². The highest BCUT2D eigenvalue weighted by Crippen LogP contribution is 2.33. The molecule has 30 heavy (non-hydrogen) atoms. The predicted molar refractivity (Wildman–Crippen MR) is 120 cm³/mol. The minimum Gasteiger partial charge on any atom is -0.325 e. The number of hydrogen-bond donors (Lipinski definition) is 1. The Labute approximate surface area is 178 Å². The van der Waals surface area contributed by atoms with Crippen molar-refractivity contribution in [3.63, 3.8) is 0 Å². The van der Waals surface area contributed by atoms with Gasteiger partial charge < -0.3 is 5.32 Å². The molecule has 0 saturated carbocycles. The molecule has 0 aliphatic rings. The first-order chi connectivity index (χ1) is 14.5. The summed E-state index contributed by atoms with van der Waals surface area (Å²) in [4.78, 5) is 12.6. The average Bonchev–Trinajstić information content (AvgIpc) is 2.76. The molecule has 3 aromatic carbocycles. The van der Waals surface area contributed by atoms with Gasteiger partial charge in [-0.15, -0.1) is 10.2 Å². The van der Waals surface area contributed by atoms with E-state index < -0.39 is 0 Å². The summed E-state index contributed by atoms with van der Waals surface area (Å²) in [5.41, 5.74) is 3.38. The maximum absolute atomic E-state index is 13.3. The van der Waals surface area contributed by atoms with Gasteiger partial charge in [0.15, 0.2) is 0 Å². The minimum absolute atomic E-state index is 0.0997. The highest BCUT2D eigenvalue weighted by molar-refractivity contribution is 8.00. The van der Waals surface area contributed by atoms with Crippen molar-refractivity contribution in [2.45, 2.75) is 24.1 Å². The summed E-state index contributed by atoms with van der Waals surface area (Å²) in [6, 6.07) is 21.7. The monoisotopic (exact) mass is 417 g/mol. The summed E-state index contributed by atoms with van der Waals surface area (Å²) in [5.74, 6) is -0.394. The highest BCUT2D eigenvalue weighted by atomic mass is 32.2. The lowest BCUT2D eigenvalue weighted by molar-refractivity contribution is -0.115. The van der Waals surface area contributed by atoms with Crippen LogP contribution in [0, 0.1) is 12.7 Å². The van der Waals surface area contributed by atoms with Crippen molar-refractivity contribution < 1.29 is 9.18 Å². The van der Waals surface area contributed by atoms with Crippen LogP contribution in [-0.4, -0.2) is 21.4 Å². The quantitative estimate of drug-likeness (QED) is 0.413. The van der Waals surface area contributed by atoms with Gasteiger partial charge in [0.05, 0.1) is 5.25 Å². The maximum Gasteiger partial charge on any atom is 0.237 e. The van der Waals surface area contributed by atoms with Crippen molar-refractivity contribution in [2.24, 2.45) is 0 Å². The number of hydrogen-bond acceptors (Lipinski definition) is 4. The fraction of sp³-hybridized carbons (Fsp3) is 0.125. The van der Waals surface area contributed by atoms with Gasteiger partial charge in [-0.25, -0.2) is 4.39 Å². The standard InChI is InChI=1S/C24H20FN3OS/c1-15-7-13-19(14-8-15)26-23(29)16(2)30-24-21-6-4-3-5-20(21)22(27-28-24)17-9-11-18(25)12-10-17/h3-14,16H,1-2H3,(H,26,29). The highest BCUT2D eigenvalue weighted by Gasteiger charge is 2.19. The van der Waals surface area contributed by atoms with E-state index in [2.05, 4.69) is 15.5 Å². The molecule has 1 aromatic heterocycles. The molecule has 1 amide bonds. The number of halogens is 1. The summed E-state index contributed by atoms with van der Waals surface area (Å²) in [7, 11) is 0. The molecule has 0 aliphatic carbocycles. The molecule has 1 heterocycles. The second-order valence-electron chi connectivity index (χ2n) is 7.02. The fourth-order valence-electron chi connectivity index (χ4n) is 3.09. The molecule has 1 unspecified atom stereocenters. The van der Waals surface area contributed by atoms with Crippen LogP contribution in [0.5, 0.6) is 0 Å². The average molecular weight is 418 g/mol. The van der Waals surface area contributed by atoms with Crippen molar-refractivity contribution in [1.29, 1.82) is 0 Å². The number of aryl methyl sites for hydroxylation is 1. The van der Waals surface area contributed by atoms with Crippen LogP contribution < -0.4 is 5.32 Å². The van der Waals surface area contributed by atoms with Gasteiger partial charge in [-0.2, -0.15) is 0 Å². The Morgan fingerprint density at radius 3 is 2.30 bits per heavy atom. The van der Waals surface area contributed by atoms with E-state index in [1.54, 1.807) is 12.1 Å². The number of aromatic nitrogens is 2. The number of anilines is 1. The summed E-state index contributed by atoms with van der Waals surface area (Å²) in [6.45, 7) is 3.85. The molecule has 0 fully saturated rings. The van der Waals surface area contributed by atoms with Gasteiger partial charge in [-0.05, 0) is 50.2 Å². The minimum atomic E-state index is -0.360. The number of nitrogens with one attached hydrogen (secondary N) is 1. The number of carbonyl (C=O) groups is 1. The molecule has 0 radical (unpaired) electrons. The third-order valence-corrected chi connectivity index (χ3v) is 5.84. The lowest BCUT2D eigenvalue weighted by atomic mass is 10.1. The van der Waals surface area contributed by atoms with Gasteiger partial charge in [0.2, 0.25) is 5.91 Å². The molecule has 4 nitrogen and oxygen atoms in total. The van der Waals surface area contributed by atoms with Gasteiger partial charge in [0.1, 0.15) is 16.5 Å². The first-order valence-corrected chi connectivity index (χ1v) is 10.4. The van der Waals surface area contributed by atoms with Gasteiger partial charge >= 0.3 is 0 Å². The van der Waals surface area contributed by atoms with Crippen LogP contribution >= 0.6 is 11.8 Å². The molecular weight excluding hydrogens is 397 g/mol. The number of carbonyl (C=O) groups excluding carboxylic acids is 1. The Balaban J connectivity index is 1.60. The van der Waals surface area contributed by atoms with Crippen molar-refractivity contribution in [2.75, 3.05) is 5.32 Å². The Kier molecular flexibility index (Phi) is 5.77. The van der Waals surface area contributed by atoms with E-state index in [-0.39, 0.29) is 17.0 Å². The Hall–Kier alpha value is -3.25. The van der Waals surface area contributed by atoms with Crippen LogP contribution in [0.2, 0.25) is 0 Å². The number of benzene rings is 3. The van der Waals surface area contributed by atoms with Crippen molar-refractivity contribution >= 4 is 34.1 Å². The Morgan fingerprint density at radius 2 is 1.60 bits per heavy atom. The summed E-state index contributed by atoms with van der Waals surface area (Å²) < 4.78 is 13.3. The SMILES string of the molecule is Cc1ccc(NC(=O)C(C)Sc2nnc(-c3ccc(F)cc3)c3ccccc23)cc1. The first-order valence-electron chi connectivity index (χ1n) is 9.57. The number of thioether (sulfide) groups is 1. The molecule has 4 aromatic rings. The van der Waals surface area contributed by atoms with E-state index in [0.717, 1.165) is 27.6 Å². The molecule has 0 spiro atoms. The van der Waals surface area contributed by atoms with E-state index >= 15 is 0 Å². The molecular formula is C24H20FN3OS. The topological polar surface area (TPSA) is 54.9 Å². The van der Waals surface area contributed by atoms with E-state index in [1.807, 2.05) is 62.4 Å². The molecule has 6 heteroatoms. The zero-order valence-electron chi connectivity index (χ0n) is 16.6. The maximum atomic E-state index is 13.3. The lowest BCUT2D eigenvalue weighted by Crippen LogP contribution is -2.22. The molecule has 0 aliphatic heterocycles. The normalized spacial score (nSPS) is 12.0. The molecule has 0 bridgehead atoms. The lowest BCUT2D eigenvalue weighted by Gasteiger charge is -2.14. The Bertz CT molecular complexity index is 1190. The predicted octanol–water partition coefficient (Wildman–Crippen LogP) is 5.86. The second-order valence-corrected chi connectivity index (χ2v) is 8.35. The number of nitrogens with zero attached hydrogens (tertiary/aromatic N) is 2. The van der Waals surface area contributed by atoms with Crippen LogP contribution in [0.3, 0.4) is 0 Å². The van der Waals surface area contributed by atoms with E-state index in [9.17, 15) is 9.18 Å². The molecule has 0 saturated heterocycles. The van der Waals surface area contributed by atoms with Crippen molar-refractivity contribution in [1.82, 2.24) is 10.2 Å². The molecule has 150 valence electrons. The van der Waals surface area contributed by atoms with Crippen molar-refractivity contribution in [3.8, 4) is 11.3 Å². The largest absolute Gasteiger partial charge is 0.325 e. The zero-order chi connectivity index (χ0) is 21.1. The number of rotatable bonds is 5. The van der Waals surface area contributed by atoms with Crippen LogP contribution in [0.1, 0.15) is 12.5 Å². The Morgan fingerprint density at radius 1 is 0.933 bits per heavy atom. The third kappa shape index (κ3) is 4.33. The summed E-state index contributed by atoms with van der Waals surface area (Å²) in [5, 5.41) is 13.9. The zero-order valence-corrected chi connectivity index (χ0v) is 17.4. The van der Waals surface area contributed by atoms with Crippen LogP contribution in [0.15, 0.2) is 77.8 Å². The second kappa shape index (κ2) is 8.63. The van der Waals surface area contributed by atoms with E-state index in [4.69, 9.17) is 0 Å². The van der Waals surface area contributed by atoms with Gasteiger partial charge in [-0.1, -0.05) is 53.7 Å². The molecule has 1 atom stereocenters. The molecule has 4 rings (SSSR count). The van der Waals surface area contributed by atoms with Crippen LogP contribution in [0.25, 0.3) is 22.0 Å². The summed E-state index contributed by atoms with van der Waals surface area (Å²) >= 11 is 1.36. The smallest absolute Gasteiger partial charge is 0.237 e. The van der Waals surface area contributed by atoms with Crippen LogP contribution in [-0.2, 0) is 4.79 Å². The van der Waals surface area contributed by atoms with Gasteiger partial charge in [0, 0.05) is 22.0 Å². The third-order valence-electron chi connectivity index (χ3n) is 4.75. The summed E-state index contributed by atoms with van der Waals surface area (Å²) in [6.07, 6.45) is 0. The number of amides is 1. The first kappa shape index (κ1) is 20.0. The fourth-order valence-corrected chi connectivity index (χ4v) is 3.98. The number of fused-ring (bicyclic) bond motifs is 1.